The Morgan fingerprint density at radius 2 is 1.91 bits per heavy atom. The van der Waals surface area contributed by atoms with Crippen molar-refractivity contribution in [3.63, 3.8) is 0 Å². The van der Waals surface area contributed by atoms with E-state index in [0.717, 1.165) is 17.0 Å². The smallest absolute Gasteiger partial charge is 0.256 e. The molecule has 1 atom stereocenters. The Hall–Kier alpha value is -2.69. The number of carbonyl (C=O) groups excluding carboxylic acids is 2. The molecule has 0 spiro atoms. The van der Waals surface area contributed by atoms with Gasteiger partial charge in [0, 0.05) is 5.69 Å². The summed E-state index contributed by atoms with van der Waals surface area (Å²) in [6, 6.07) is 12.6. The first kappa shape index (κ1) is 15.2. The normalized spacial score (nSPS) is 17.7. The van der Waals surface area contributed by atoms with E-state index in [-0.39, 0.29) is 23.9 Å². The van der Waals surface area contributed by atoms with E-state index < -0.39 is 11.9 Å². The van der Waals surface area contributed by atoms with Gasteiger partial charge in [-0.1, -0.05) is 25.1 Å². The summed E-state index contributed by atoms with van der Waals surface area (Å²) in [6.07, 6.45) is 0.999. The third kappa shape index (κ3) is 3.08. The number of carbonyl (C=O) groups is 2. The molecule has 118 valence electrons. The number of imide groups is 1. The van der Waals surface area contributed by atoms with Crippen molar-refractivity contribution in [2.45, 2.75) is 25.8 Å². The molecular weight excluding hydrogens is 295 g/mol. The van der Waals surface area contributed by atoms with E-state index in [1.807, 2.05) is 24.3 Å². The lowest BCUT2D eigenvalue weighted by molar-refractivity contribution is -0.121. The van der Waals surface area contributed by atoms with Gasteiger partial charge >= 0.3 is 0 Å². The second kappa shape index (κ2) is 6.20. The Kier molecular flexibility index (Phi) is 4.10. The van der Waals surface area contributed by atoms with Gasteiger partial charge in [0.2, 0.25) is 5.91 Å². The number of hydrogen-bond donors (Lipinski definition) is 1. The van der Waals surface area contributed by atoms with E-state index in [0.29, 0.717) is 0 Å². The maximum absolute atomic E-state index is 13.3. The van der Waals surface area contributed by atoms with Crippen molar-refractivity contribution in [2.24, 2.45) is 0 Å². The van der Waals surface area contributed by atoms with Crippen molar-refractivity contribution in [3.05, 3.63) is 59.9 Å². The quantitative estimate of drug-likeness (QED) is 0.882. The fourth-order valence-corrected chi connectivity index (χ4v) is 2.67. The molecule has 1 heterocycles. The summed E-state index contributed by atoms with van der Waals surface area (Å²) in [5.74, 6) is -1.17. The van der Waals surface area contributed by atoms with Crippen LogP contribution in [-0.2, 0) is 16.0 Å². The van der Waals surface area contributed by atoms with Crippen LogP contribution >= 0.6 is 0 Å². The summed E-state index contributed by atoms with van der Waals surface area (Å²) < 4.78 is 13.3. The number of aryl methyl sites for hydroxylation is 1. The fourth-order valence-electron chi connectivity index (χ4n) is 2.67. The molecule has 1 saturated heterocycles. The van der Waals surface area contributed by atoms with E-state index in [1.54, 1.807) is 6.07 Å². The summed E-state index contributed by atoms with van der Waals surface area (Å²) in [5, 5.41) is 3.08. The van der Waals surface area contributed by atoms with E-state index in [9.17, 15) is 14.0 Å². The molecule has 5 heteroatoms. The first-order valence-electron chi connectivity index (χ1n) is 7.56. The largest absolute Gasteiger partial charge is 0.373 e. The van der Waals surface area contributed by atoms with Crippen LogP contribution in [0.1, 0.15) is 18.9 Å². The zero-order chi connectivity index (χ0) is 16.4. The number of nitrogens with one attached hydrogen (secondary N) is 1. The minimum Gasteiger partial charge on any atom is -0.373 e. The number of rotatable bonds is 4. The van der Waals surface area contributed by atoms with Gasteiger partial charge in [0.25, 0.3) is 5.91 Å². The molecule has 0 unspecified atom stereocenters. The predicted octanol–water partition coefficient (Wildman–Crippen LogP) is 3.13. The third-order valence-corrected chi connectivity index (χ3v) is 3.92. The highest BCUT2D eigenvalue weighted by Crippen LogP contribution is 2.25. The first-order chi connectivity index (χ1) is 11.1. The van der Waals surface area contributed by atoms with Crippen LogP contribution in [0.3, 0.4) is 0 Å². The van der Waals surface area contributed by atoms with Crippen LogP contribution in [0.2, 0.25) is 0 Å². The maximum Gasteiger partial charge on any atom is 0.256 e. The molecule has 2 aromatic rings. The van der Waals surface area contributed by atoms with Crippen molar-refractivity contribution >= 4 is 23.2 Å². The minimum atomic E-state index is -0.627. The van der Waals surface area contributed by atoms with Gasteiger partial charge in [0.15, 0.2) is 0 Å². The Morgan fingerprint density at radius 3 is 2.57 bits per heavy atom. The Morgan fingerprint density at radius 1 is 1.17 bits per heavy atom. The van der Waals surface area contributed by atoms with Crippen LogP contribution < -0.4 is 10.2 Å². The van der Waals surface area contributed by atoms with Gasteiger partial charge < -0.3 is 5.32 Å². The van der Waals surface area contributed by atoms with Gasteiger partial charge in [-0.3, -0.25) is 9.59 Å². The molecule has 2 amide bonds. The summed E-state index contributed by atoms with van der Waals surface area (Å²) in [6.45, 7) is 2.07. The van der Waals surface area contributed by atoms with Crippen LogP contribution in [0.25, 0.3) is 0 Å². The fraction of sp³-hybridized carbons (Fsp3) is 0.222. The molecule has 1 aliphatic rings. The Labute approximate surface area is 133 Å². The molecule has 4 nitrogen and oxygen atoms in total. The van der Waals surface area contributed by atoms with E-state index in [2.05, 4.69) is 12.2 Å². The lowest BCUT2D eigenvalue weighted by atomic mass is 10.1. The van der Waals surface area contributed by atoms with E-state index in [4.69, 9.17) is 0 Å². The molecule has 0 aromatic heterocycles. The molecule has 2 aromatic carbocycles. The standard InChI is InChI=1S/C18H17FN2O2/c1-2-12-6-8-14(9-7-12)20-16-11-17(22)21(18(16)23)15-5-3-4-13(19)10-15/h3-10,16,20H,2,11H2,1H3/t16-/m1/s1. The molecule has 1 fully saturated rings. The lowest BCUT2D eigenvalue weighted by Crippen LogP contribution is -2.34. The Bertz CT molecular complexity index is 743. The van der Waals surface area contributed by atoms with E-state index in [1.165, 1.54) is 23.8 Å². The van der Waals surface area contributed by atoms with Crippen molar-refractivity contribution in [1.29, 1.82) is 0 Å². The van der Waals surface area contributed by atoms with Gasteiger partial charge in [-0.15, -0.1) is 0 Å². The van der Waals surface area contributed by atoms with E-state index >= 15 is 0 Å². The monoisotopic (exact) mass is 312 g/mol. The number of hydrogen-bond acceptors (Lipinski definition) is 3. The zero-order valence-electron chi connectivity index (χ0n) is 12.8. The number of nitrogens with zero attached hydrogens (tertiary/aromatic N) is 1. The summed E-state index contributed by atoms with van der Waals surface area (Å²) in [4.78, 5) is 25.7. The molecule has 0 bridgehead atoms. The highest BCUT2D eigenvalue weighted by Gasteiger charge is 2.39. The van der Waals surface area contributed by atoms with Crippen molar-refractivity contribution < 1.29 is 14.0 Å². The summed E-state index contributed by atoms with van der Waals surface area (Å²) >= 11 is 0. The Balaban J connectivity index is 1.78. The highest BCUT2D eigenvalue weighted by molar-refractivity contribution is 6.23. The highest BCUT2D eigenvalue weighted by atomic mass is 19.1. The number of amides is 2. The van der Waals surface area contributed by atoms with Crippen molar-refractivity contribution in [2.75, 3.05) is 10.2 Å². The maximum atomic E-state index is 13.3. The van der Waals surface area contributed by atoms with Gasteiger partial charge in [0.1, 0.15) is 11.9 Å². The summed E-state index contributed by atoms with van der Waals surface area (Å²) in [7, 11) is 0. The molecular formula is C18H17FN2O2. The number of benzene rings is 2. The van der Waals surface area contributed by atoms with Crippen LogP contribution in [0.4, 0.5) is 15.8 Å². The summed E-state index contributed by atoms with van der Waals surface area (Å²) in [5.41, 5.74) is 2.26. The number of halogens is 1. The van der Waals surface area contributed by atoms with Crippen molar-refractivity contribution in [3.8, 4) is 0 Å². The van der Waals surface area contributed by atoms with Crippen molar-refractivity contribution in [1.82, 2.24) is 0 Å². The molecule has 1 N–H and O–H groups in total. The second-order valence-electron chi connectivity index (χ2n) is 5.50. The topological polar surface area (TPSA) is 49.4 Å². The predicted molar refractivity (Wildman–Crippen MR) is 86.7 cm³/mol. The molecule has 3 rings (SSSR count). The average Bonchev–Trinajstić information content (AvgIpc) is 2.82. The SMILES string of the molecule is CCc1ccc(N[C@@H]2CC(=O)N(c3cccc(F)c3)C2=O)cc1. The van der Waals surface area contributed by atoms with Crippen LogP contribution in [-0.4, -0.2) is 17.9 Å². The number of anilines is 2. The molecule has 23 heavy (non-hydrogen) atoms. The molecule has 1 aliphatic heterocycles. The molecule has 0 radical (unpaired) electrons. The first-order valence-corrected chi connectivity index (χ1v) is 7.56. The molecule has 0 saturated carbocycles. The molecule has 0 aliphatic carbocycles. The lowest BCUT2D eigenvalue weighted by Gasteiger charge is -2.16. The van der Waals surface area contributed by atoms with Gasteiger partial charge in [-0.05, 0) is 42.3 Å². The third-order valence-electron chi connectivity index (χ3n) is 3.92. The minimum absolute atomic E-state index is 0.0604. The second-order valence-corrected chi connectivity index (χ2v) is 5.50. The van der Waals surface area contributed by atoms with Crippen LogP contribution in [0, 0.1) is 5.82 Å². The van der Waals surface area contributed by atoms with Gasteiger partial charge in [-0.25, -0.2) is 9.29 Å². The average molecular weight is 312 g/mol. The van der Waals surface area contributed by atoms with Gasteiger partial charge in [-0.2, -0.15) is 0 Å². The van der Waals surface area contributed by atoms with Crippen LogP contribution in [0.5, 0.6) is 0 Å². The van der Waals surface area contributed by atoms with Crippen LogP contribution in [0.15, 0.2) is 48.5 Å². The van der Waals surface area contributed by atoms with Gasteiger partial charge in [0.05, 0.1) is 12.1 Å². The zero-order valence-corrected chi connectivity index (χ0v) is 12.8.